The fraction of sp³-hybridized carbons (Fsp3) is 0.538. The second-order valence-corrected chi connectivity index (χ2v) is 4.50. The summed E-state index contributed by atoms with van der Waals surface area (Å²) in [5, 5.41) is 19.5. The van der Waals surface area contributed by atoms with Crippen molar-refractivity contribution in [2.75, 3.05) is 12.3 Å². The molecule has 0 radical (unpaired) electrons. The molecule has 3 atom stereocenters. The van der Waals surface area contributed by atoms with E-state index in [9.17, 15) is 15.0 Å². The molecule has 0 spiro atoms. The number of aromatic nitrogens is 2. The monoisotopic (exact) mass is 283 g/mol. The minimum Gasteiger partial charge on any atom is -0.393 e. The molecule has 0 saturated carbocycles. The number of nitrogens with zero attached hydrogens (tertiary/aromatic N) is 2. The fourth-order valence-electron chi connectivity index (χ4n) is 1.89. The van der Waals surface area contributed by atoms with Gasteiger partial charge in [-0.1, -0.05) is 13.0 Å². The summed E-state index contributed by atoms with van der Waals surface area (Å²) in [7, 11) is 0. The van der Waals surface area contributed by atoms with Crippen LogP contribution in [0.15, 0.2) is 29.7 Å². The van der Waals surface area contributed by atoms with Gasteiger partial charge in [0.25, 0.3) is 0 Å². The van der Waals surface area contributed by atoms with Gasteiger partial charge in [0, 0.05) is 6.20 Å². The van der Waals surface area contributed by atoms with Crippen LogP contribution in [0.1, 0.15) is 26.5 Å². The van der Waals surface area contributed by atoms with Crippen LogP contribution in [-0.2, 0) is 4.74 Å². The Morgan fingerprint density at radius 2 is 2.35 bits per heavy atom. The number of nitrogens with two attached hydrogens (primary N) is 1. The largest absolute Gasteiger partial charge is 0.393 e. The summed E-state index contributed by atoms with van der Waals surface area (Å²) in [5.74, 6) is 0.115. The molecule has 1 aromatic rings. The maximum Gasteiger partial charge on any atom is 0.351 e. The normalized spacial score (nSPS) is 17.2. The molecule has 0 bridgehead atoms. The SMILES string of the molecule is C=CC(CO)(OC(C)n1ccc(N)nc1=O)C(O)CC. The Labute approximate surface area is 117 Å². The highest BCUT2D eigenvalue weighted by Crippen LogP contribution is 2.25. The molecule has 7 nitrogen and oxygen atoms in total. The van der Waals surface area contributed by atoms with E-state index in [-0.39, 0.29) is 5.82 Å². The van der Waals surface area contributed by atoms with Crippen molar-refractivity contribution in [1.29, 1.82) is 0 Å². The lowest BCUT2D eigenvalue weighted by atomic mass is 9.95. The van der Waals surface area contributed by atoms with E-state index >= 15 is 0 Å². The lowest BCUT2D eigenvalue weighted by Gasteiger charge is -2.35. The number of anilines is 1. The van der Waals surface area contributed by atoms with Crippen molar-refractivity contribution in [2.24, 2.45) is 0 Å². The maximum absolute atomic E-state index is 11.7. The number of aliphatic hydroxyl groups is 2. The Kier molecular flexibility index (Phi) is 5.43. The van der Waals surface area contributed by atoms with Crippen molar-refractivity contribution >= 4 is 5.82 Å². The van der Waals surface area contributed by atoms with Crippen LogP contribution >= 0.6 is 0 Å². The number of hydrogen-bond donors (Lipinski definition) is 3. The molecule has 0 saturated heterocycles. The zero-order chi connectivity index (χ0) is 15.3. The van der Waals surface area contributed by atoms with Gasteiger partial charge >= 0.3 is 5.69 Å². The molecule has 1 rings (SSSR count). The molecule has 0 aliphatic heterocycles. The molecular weight excluding hydrogens is 262 g/mol. The van der Waals surface area contributed by atoms with Gasteiger partial charge in [-0.15, -0.1) is 6.58 Å². The van der Waals surface area contributed by atoms with Gasteiger partial charge in [-0.3, -0.25) is 4.57 Å². The van der Waals surface area contributed by atoms with Gasteiger partial charge in [0.2, 0.25) is 0 Å². The van der Waals surface area contributed by atoms with Crippen LogP contribution in [0.5, 0.6) is 0 Å². The summed E-state index contributed by atoms with van der Waals surface area (Å²) in [6.07, 6.45) is 1.47. The summed E-state index contributed by atoms with van der Waals surface area (Å²) in [6, 6.07) is 1.46. The van der Waals surface area contributed by atoms with Crippen molar-refractivity contribution in [3.8, 4) is 0 Å². The molecule has 4 N–H and O–H groups in total. The highest BCUT2D eigenvalue weighted by Gasteiger charge is 2.36. The maximum atomic E-state index is 11.7. The van der Waals surface area contributed by atoms with Gasteiger partial charge in [0.1, 0.15) is 17.6 Å². The average molecular weight is 283 g/mol. The highest BCUT2D eigenvalue weighted by molar-refractivity contribution is 5.23. The summed E-state index contributed by atoms with van der Waals surface area (Å²) < 4.78 is 6.87. The first kappa shape index (κ1) is 16.4. The van der Waals surface area contributed by atoms with E-state index in [2.05, 4.69) is 11.6 Å². The zero-order valence-electron chi connectivity index (χ0n) is 11.7. The third-order valence-electron chi connectivity index (χ3n) is 3.18. The van der Waals surface area contributed by atoms with E-state index in [4.69, 9.17) is 10.5 Å². The summed E-state index contributed by atoms with van der Waals surface area (Å²) >= 11 is 0. The molecule has 1 aromatic heterocycles. The Morgan fingerprint density at radius 1 is 1.70 bits per heavy atom. The van der Waals surface area contributed by atoms with Crippen LogP contribution in [0, 0.1) is 0 Å². The van der Waals surface area contributed by atoms with Gasteiger partial charge < -0.3 is 20.7 Å². The standard InChI is InChI=1S/C13H21N3O4/c1-4-10(18)13(5-2,8-17)20-9(3)16-7-6-11(14)15-12(16)19/h5-7,9-10,17-18H,2,4,8H2,1,3H3,(H2,14,15,19). The smallest absolute Gasteiger partial charge is 0.351 e. The predicted octanol–water partition coefficient (Wildman–Crippen LogP) is 0.0486. The van der Waals surface area contributed by atoms with E-state index in [1.54, 1.807) is 13.8 Å². The molecule has 0 aliphatic carbocycles. The lowest BCUT2D eigenvalue weighted by molar-refractivity contribution is -0.165. The first-order valence-electron chi connectivity index (χ1n) is 6.35. The Hall–Kier alpha value is -1.70. The topological polar surface area (TPSA) is 111 Å². The van der Waals surface area contributed by atoms with Gasteiger partial charge in [0.05, 0.1) is 12.7 Å². The summed E-state index contributed by atoms with van der Waals surface area (Å²) in [5.41, 5.74) is 3.51. The van der Waals surface area contributed by atoms with Crippen molar-refractivity contribution in [3.05, 3.63) is 35.4 Å². The number of aliphatic hydroxyl groups excluding tert-OH is 2. The third kappa shape index (κ3) is 3.24. The Balaban J connectivity index is 3.05. The third-order valence-corrected chi connectivity index (χ3v) is 3.18. The molecule has 0 aromatic carbocycles. The van der Waals surface area contributed by atoms with Crippen LogP contribution in [0.25, 0.3) is 0 Å². The molecule has 3 unspecified atom stereocenters. The Bertz CT molecular complexity index is 517. The number of hydrogen-bond acceptors (Lipinski definition) is 6. The first-order chi connectivity index (χ1) is 9.40. The molecule has 112 valence electrons. The molecule has 0 fully saturated rings. The second-order valence-electron chi connectivity index (χ2n) is 4.50. The minimum absolute atomic E-state index is 0.115. The van der Waals surface area contributed by atoms with Gasteiger partial charge in [-0.05, 0) is 19.4 Å². The second kappa shape index (κ2) is 6.65. The molecule has 7 heteroatoms. The molecule has 20 heavy (non-hydrogen) atoms. The predicted molar refractivity (Wildman–Crippen MR) is 75.0 cm³/mol. The molecule has 0 aliphatic rings. The number of ether oxygens (including phenoxy) is 1. The van der Waals surface area contributed by atoms with Gasteiger partial charge in [-0.2, -0.15) is 4.98 Å². The van der Waals surface area contributed by atoms with Crippen LogP contribution in [-0.4, -0.2) is 38.1 Å². The van der Waals surface area contributed by atoms with E-state index in [0.717, 1.165) is 0 Å². The van der Waals surface area contributed by atoms with E-state index in [0.29, 0.717) is 6.42 Å². The zero-order valence-corrected chi connectivity index (χ0v) is 11.7. The molecule has 0 amide bonds. The van der Waals surface area contributed by atoms with E-state index in [1.165, 1.54) is 22.9 Å². The van der Waals surface area contributed by atoms with Gasteiger partial charge in [-0.25, -0.2) is 4.79 Å². The fourth-order valence-corrected chi connectivity index (χ4v) is 1.89. The highest BCUT2D eigenvalue weighted by atomic mass is 16.5. The lowest BCUT2D eigenvalue weighted by Crippen LogP contribution is -2.48. The van der Waals surface area contributed by atoms with E-state index in [1.807, 2.05) is 0 Å². The van der Waals surface area contributed by atoms with Crippen LogP contribution < -0.4 is 11.4 Å². The quantitative estimate of drug-likeness (QED) is 0.610. The number of nitrogen functional groups attached to an aromatic ring is 1. The summed E-state index contributed by atoms with van der Waals surface area (Å²) in [6.45, 7) is 6.50. The average Bonchev–Trinajstić information content (AvgIpc) is 2.43. The van der Waals surface area contributed by atoms with Crippen LogP contribution in [0.2, 0.25) is 0 Å². The Morgan fingerprint density at radius 3 is 2.80 bits per heavy atom. The van der Waals surface area contributed by atoms with Crippen molar-refractivity contribution < 1.29 is 14.9 Å². The number of rotatable bonds is 7. The first-order valence-corrected chi connectivity index (χ1v) is 6.35. The van der Waals surface area contributed by atoms with Gasteiger partial charge in [0.15, 0.2) is 0 Å². The van der Waals surface area contributed by atoms with Crippen LogP contribution in [0.4, 0.5) is 5.82 Å². The minimum atomic E-state index is -1.34. The summed E-state index contributed by atoms with van der Waals surface area (Å²) in [4.78, 5) is 15.3. The molecular formula is C13H21N3O4. The van der Waals surface area contributed by atoms with Crippen molar-refractivity contribution in [1.82, 2.24) is 9.55 Å². The molecule has 1 heterocycles. The van der Waals surface area contributed by atoms with Crippen LogP contribution in [0.3, 0.4) is 0 Å². The van der Waals surface area contributed by atoms with E-state index < -0.39 is 30.2 Å². The van der Waals surface area contributed by atoms with Crippen molar-refractivity contribution in [2.45, 2.75) is 38.2 Å². The van der Waals surface area contributed by atoms with Crippen molar-refractivity contribution in [3.63, 3.8) is 0 Å².